The van der Waals surface area contributed by atoms with Gasteiger partial charge >= 0.3 is 0 Å². The minimum atomic E-state index is -0.303. The first-order chi connectivity index (χ1) is 8.69. The van der Waals surface area contributed by atoms with E-state index in [4.69, 9.17) is 11.0 Å². The number of nitriles is 1. The highest BCUT2D eigenvalue weighted by molar-refractivity contribution is 5.91. The smallest absolute Gasteiger partial charge is 0.246 e. The Morgan fingerprint density at radius 1 is 1.50 bits per heavy atom. The normalized spacial score (nSPS) is 9.72. The van der Waals surface area contributed by atoms with Crippen molar-refractivity contribution in [3.8, 4) is 6.07 Å². The number of hydrogen-bond donors (Lipinski definition) is 2. The standard InChI is InChI=1S/C11H10N6O/c12-5-8-3-1-2-4-9(8)15-10(18)6-17-7-14-11(13)16-17/h1-4,7H,6H2,(H2,13,16)(H,15,18). The maximum atomic E-state index is 11.7. The lowest BCUT2D eigenvalue weighted by Gasteiger charge is -2.06. The Labute approximate surface area is 103 Å². The maximum Gasteiger partial charge on any atom is 0.246 e. The van der Waals surface area contributed by atoms with Crippen LogP contribution in [0.25, 0.3) is 0 Å². The van der Waals surface area contributed by atoms with Crippen LogP contribution in [-0.2, 0) is 11.3 Å². The Bertz CT molecular complexity index is 612. The van der Waals surface area contributed by atoms with Crippen molar-refractivity contribution in [2.75, 3.05) is 11.1 Å². The summed E-state index contributed by atoms with van der Waals surface area (Å²) in [4.78, 5) is 15.4. The van der Waals surface area contributed by atoms with Crippen LogP contribution < -0.4 is 11.1 Å². The van der Waals surface area contributed by atoms with Crippen LogP contribution in [0.5, 0.6) is 0 Å². The highest BCUT2D eigenvalue weighted by Crippen LogP contribution is 2.13. The number of para-hydroxylation sites is 1. The zero-order valence-electron chi connectivity index (χ0n) is 9.37. The first kappa shape index (κ1) is 11.6. The summed E-state index contributed by atoms with van der Waals surface area (Å²) in [5.74, 6) is -0.192. The molecular formula is C11H10N6O. The second kappa shape index (κ2) is 4.97. The van der Waals surface area contributed by atoms with Crippen LogP contribution >= 0.6 is 0 Å². The molecular weight excluding hydrogens is 232 g/mol. The Morgan fingerprint density at radius 2 is 2.28 bits per heavy atom. The average molecular weight is 242 g/mol. The van der Waals surface area contributed by atoms with Crippen LogP contribution in [0, 0.1) is 11.3 Å². The zero-order valence-corrected chi connectivity index (χ0v) is 9.37. The van der Waals surface area contributed by atoms with E-state index in [-0.39, 0.29) is 18.4 Å². The van der Waals surface area contributed by atoms with E-state index >= 15 is 0 Å². The van der Waals surface area contributed by atoms with Crippen molar-refractivity contribution < 1.29 is 4.79 Å². The summed E-state index contributed by atoms with van der Waals surface area (Å²) in [7, 11) is 0. The van der Waals surface area contributed by atoms with Gasteiger partial charge in [0, 0.05) is 0 Å². The molecule has 0 saturated carbocycles. The van der Waals surface area contributed by atoms with Crippen LogP contribution in [0.1, 0.15) is 5.56 Å². The lowest BCUT2D eigenvalue weighted by atomic mass is 10.2. The Hall–Kier alpha value is -2.88. The number of carbonyl (C=O) groups is 1. The Morgan fingerprint density at radius 3 is 2.94 bits per heavy atom. The number of hydrogen-bond acceptors (Lipinski definition) is 5. The van der Waals surface area contributed by atoms with Gasteiger partial charge in [0.15, 0.2) is 0 Å². The van der Waals surface area contributed by atoms with E-state index in [0.717, 1.165) is 0 Å². The Kier molecular flexibility index (Phi) is 3.20. The highest BCUT2D eigenvalue weighted by atomic mass is 16.2. The SMILES string of the molecule is N#Cc1ccccc1NC(=O)Cn1cnc(N)n1. The number of nitrogen functional groups attached to an aromatic ring is 1. The van der Waals surface area contributed by atoms with E-state index in [2.05, 4.69) is 15.4 Å². The topological polar surface area (TPSA) is 110 Å². The van der Waals surface area contributed by atoms with E-state index in [1.54, 1.807) is 24.3 Å². The highest BCUT2D eigenvalue weighted by Gasteiger charge is 2.07. The number of nitrogens with two attached hydrogens (primary N) is 1. The molecule has 1 aromatic heterocycles. The summed E-state index contributed by atoms with van der Waals surface area (Å²) in [5.41, 5.74) is 6.21. The summed E-state index contributed by atoms with van der Waals surface area (Å²) < 4.78 is 1.32. The second-order valence-corrected chi connectivity index (χ2v) is 3.51. The van der Waals surface area contributed by atoms with Gasteiger partial charge in [-0.05, 0) is 12.1 Å². The third-order valence-electron chi connectivity index (χ3n) is 2.18. The fourth-order valence-corrected chi connectivity index (χ4v) is 1.41. The molecule has 0 unspecified atom stereocenters. The van der Waals surface area contributed by atoms with Crippen molar-refractivity contribution >= 4 is 17.5 Å². The molecule has 1 amide bonds. The summed E-state index contributed by atoms with van der Waals surface area (Å²) in [5, 5.41) is 15.3. The van der Waals surface area contributed by atoms with Gasteiger partial charge < -0.3 is 11.1 Å². The largest absolute Gasteiger partial charge is 0.367 e. The van der Waals surface area contributed by atoms with Crippen LogP contribution in [0.3, 0.4) is 0 Å². The summed E-state index contributed by atoms with van der Waals surface area (Å²) >= 11 is 0. The molecule has 7 nitrogen and oxygen atoms in total. The molecule has 0 aliphatic carbocycles. The molecule has 1 heterocycles. The number of nitrogens with one attached hydrogen (secondary N) is 1. The second-order valence-electron chi connectivity index (χ2n) is 3.51. The van der Waals surface area contributed by atoms with Gasteiger partial charge in [-0.2, -0.15) is 5.26 Å². The molecule has 0 bridgehead atoms. The van der Waals surface area contributed by atoms with Crippen LogP contribution in [-0.4, -0.2) is 20.7 Å². The molecule has 90 valence electrons. The van der Waals surface area contributed by atoms with E-state index in [9.17, 15) is 4.79 Å². The molecule has 0 spiro atoms. The number of rotatable bonds is 3. The van der Waals surface area contributed by atoms with Gasteiger partial charge in [0.25, 0.3) is 0 Å². The third kappa shape index (κ3) is 2.62. The van der Waals surface area contributed by atoms with Crippen LogP contribution in [0.4, 0.5) is 11.6 Å². The van der Waals surface area contributed by atoms with Crippen molar-refractivity contribution in [3.63, 3.8) is 0 Å². The number of benzene rings is 1. The predicted octanol–water partition coefficient (Wildman–Crippen LogP) is 0.371. The van der Waals surface area contributed by atoms with Crippen LogP contribution in [0.15, 0.2) is 30.6 Å². The van der Waals surface area contributed by atoms with Gasteiger partial charge in [-0.1, -0.05) is 12.1 Å². The summed E-state index contributed by atoms with van der Waals surface area (Å²) in [6.07, 6.45) is 1.37. The number of anilines is 2. The summed E-state index contributed by atoms with van der Waals surface area (Å²) in [6, 6.07) is 8.75. The van der Waals surface area contributed by atoms with Gasteiger partial charge in [0.2, 0.25) is 11.9 Å². The third-order valence-corrected chi connectivity index (χ3v) is 2.18. The van der Waals surface area contributed by atoms with E-state index < -0.39 is 0 Å². The monoisotopic (exact) mass is 242 g/mol. The molecule has 18 heavy (non-hydrogen) atoms. The molecule has 2 rings (SSSR count). The molecule has 0 aliphatic heterocycles. The molecule has 2 aromatic rings. The first-order valence-corrected chi connectivity index (χ1v) is 5.13. The summed E-state index contributed by atoms with van der Waals surface area (Å²) in [6.45, 7) is -0.00996. The molecule has 0 aliphatic rings. The average Bonchev–Trinajstić information content (AvgIpc) is 2.75. The van der Waals surface area contributed by atoms with Crippen molar-refractivity contribution in [1.82, 2.24) is 14.8 Å². The molecule has 0 radical (unpaired) electrons. The molecule has 1 aromatic carbocycles. The molecule has 0 fully saturated rings. The zero-order chi connectivity index (χ0) is 13.0. The molecule has 3 N–H and O–H groups in total. The Balaban J connectivity index is 2.06. The minimum Gasteiger partial charge on any atom is -0.367 e. The fraction of sp³-hybridized carbons (Fsp3) is 0.0909. The van der Waals surface area contributed by atoms with E-state index in [1.807, 2.05) is 6.07 Å². The van der Waals surface area contributed by atoms with Crippen molar-refractivity contribution in [2.45, 2.75) is 6.54 Å². The quantitative estimate of drug-likeness (QED) is 0.808. The lowest BCUT2D eigenvalue weighted by molar-refractivity contribution is -0.116. The number of aromatic nitrogens is 3. The van der Waals surface area contributed by atoms with Gasteiger partial charge in [-0.25, -0.2) is 9.67 Å². The van der Waals surface area contributed by atoms with E-state index in [1.165, 1.54) is 11.0 Å². The predicted molar refractivity (Wildman–Crippen MR) is 64.2 cm³/mol. The number of nitrogens with zero attached hydrogens (tertiary/aromatic N) is 4. The van der Waals surface area contributed by atoms with Gasteiger partial charge in [0.05, 0.1) is 11.3 Å². The maximum absolute atomic E-state index is 11.7. The van der Waals surface area contributed by atoms with Crippen molar-refractivity contribution in [1.29, 1.82) is 5.26 Å². The number of carbonyl (C=O) groups excluding carboxylic acids is 1. The molecule has 0 atom stereocenters. The van der Waals surface area contributed by atoms with Crippen molar-refractivity contribution in [2.24, 2.45) is 0 Å². The first-order valence-electron chi connectivity index (χ1n) is 5.13. The van der Waals surface area contributed by atoms with E-state index in [0.29, 0.717) is 11.3 Å². The van der Waals surface area contributed by atoms with Crippen molar-refractivity contribution in [3.05, 3.63) is 36.2 Å². The van der Waals surface area contributed by atoms with Crippen LogP contribution in [0.2, 0.25) is 0 Å². The molecule has 0 saturated heterocycles. The van der Waals surface area contributed by atoms with Gasteiger partial charge in [0.1, 0.15) is 18.9 Å². The minimum absolute atomic E-state index is 0.00996. The molecule has 7 heteroatoms. The number of amides is 1. The van der Waals surface area contributed by atoms with Gasteiger partial charge in [-0.3, -0.25) is 4.79 Å². The lowest BCUT2D eigenvalue weighted by Crippen LogP contribution is -2.19. The van der Waals surface area contributed by atoms with Gasteiger partial charge in [-0.15, -0.1) is 5.10 Å². The fourth-order valence-electron chi connectivity index (χ4n) is 1.41.